The molecule has 2 N–H and O–H groups in total. The standard InChI is InChI=1S/C22H24N4O3S2/c1-14-6-4-7-19(15(14)2)17-8-10-18(11-9-17)25-12-5-13-26(22(25)27)21-24-16(3)20(30-21)31(23,28)29/h4,6-11H,5,12-13H2,1-3H3,(H2,23,28,29). The average molecular weight is 457 g/mol. The minimum atomic E-state index is -3.87. The Balaban J connectivity index is 1.61. The van der Waals surface area contributed by atoms with Crippen LogP contribution in [0.25, 0.3) is 11.1 Å². The van der Waals surface area contributed by atoms with Gasteiger partial charge in [-0.1, -0.05) is 41.7 Å². The van der Waals surface area contributed by atoms with E-state index in [0.717, 1.165) is 29.0 Å². The Kier molecular flexibility index (Phi) is 5.59. The minimum absolute atomic E-state index is 0.00898. The molecule has 0 atom stereocenters. The van der Waals surface area contributed by atoms with Crippen LogP contribution in [0.3, 0.4) is 0 Å². The number of aryl methyl sites for hydroxylation is 2. The molecular weight excluding hydrogens is 432 g/mol. The molecule has 2 amide bonds. The first-order valence-corrected chi connectivity index (χ1v) is 12.3. The summed E-state index contributed by atoms with van der Waals surface area (Å²) in [7, 11) is -3.87. The van der Waals surface area contributed by atoms with Crippen LogP contribution in [-0.2, 0) is 10.0 Å². The normalized spacial score (nSPS) is 14.9. The van der Waals surface area contributed by atoms with E-state index in [1.165, 1.54) is 21.6 Å². The van der Waals surface area contributed by atoms with Crippen LogP contribution in [0.15, 0.2) is 46.7 Å². The van der Waals surface area contributed by atoms with E-state index in [1.807, 2.05) is 30.3 Å². The van der Waals surface area contributed by atoms with E-state index in [9.17, 15) is 13.2 Å². The number of anilines is 2. The number of urea groups is 1. The van der Waals surface area contributed by atoms with Crippen LogP contribution in [0.4, 0.5) is 15.6 Å². The molecule has 1 fully saturated rings. The lowest BCUT2D eigenvalue weighted by Gasteiger charge is -2.34. The molecule has 2 aromatic carbocycles. The van der Waals surface area contributed by atoms with Gasteiger partial charge in [0.1, 0.15) is 0 Å². The van der Waals surface area contributed by atoms with E-state index in [4.69, 9.17) is 5.14 Å². The van der Waals surface area contributed by atoms with E-state index >= 15 is 0 Å². The Morgan fingerprint density at radius 1 is 1.00 bits per heavy atom. The summed E-state index contributed by atoms with van der Waals surface area (Å²) in [6.45, 7) is 6.85. The molecule has 4 rings (SSSR count). The smallest absolute Gasteiger partial charge is 0.294 e. The highest BCUT2D eigenvalue weighted by atomic mass is 32.2. The van der Waals surface area contributed by atoms with Crippen molar-refractivity contribution >= 4 is 38.2 Å². The molecule has 0 unspecified atom stereocenters. The van der Waals surface area contributed by atoms with Crippen molar-refractivity contribution in [1.29, 1.82) is 0 Å². The highest BCUT2D eigenvalue weighted by Gasteiger charge is 2.31. The van der Waals surface area contributed by atoms with Gasteiger partial charge in [-0.2, -0.15) is 0 Å². The summed E-state index contributed by atoms with van der Waals surface area (Å²) >= 11 is 0.931. The second-order valence-electron chi connectivity index (χ2n) is 7.65. The van der Waals surface area contributed by atoms with Crippen molar-refractivity contribution in [1.82, 2.24) is 4.98 Å². The third-order valence-corrected chi connectivity index (χ3v) is 8.29. The van der Waals surface area contributed by atoms with Crippen molar-refractivity contribution in [3.63, 3.8) is 0 Å². The molecule has 0 bridgehead atoms. The van der Waals surface area contributed by atoms with Crippen molar-refractivity contribution in [2.24, 2.45) is 5.14 Å². The number of sulfonamides is 1. The summed E-state index contributed by atoms with van der Waals surface area (Å²) in [4.78, 5) is 20.7. The quantitative estimate of drug-likeness (QED) is 0.636. The fourth-order valence-corrected chi connectivity index (χ4v) is 5.74. The monoisotopic (exact) mass is 456 g/mol. The summed E-state index contributed by atoms with van der Waals surface area (Å²) in [5.41, 5.74) is 5.85. The fourth-order valence-electron chi connectivity index (χ4n) is 3.77. The second kappa shape index (κ2) is 8.07. The highest BCUT2D eigenvalue weighted by molar-refractivity contribution is 7.91. The molecule has 9 heteroatoms. The zero-order chi connectivity index (χ0) is 22.3. The number of nitrogens with zero attached hydrogens (tertiary/aromatic N) is 3. The molecule has 1 aromatic heterocycles. The van der Waals surface area contributed by atoms with E-state index in [1.54, 1.807) is 11.8 Å². The number of hydrogen-bond donors (Lipinski definition) is 1. The van der Waals surface area contributed by atoms with Crippen LogP contribution in [0.5, 0.6) is 0 Å². The van der Waals surface area contributed by atoms with E-state index in [0.29, 0.717) is 23.9 Å². The number of nitrogens with two attached hydrogens (primary N) is 1. The SMILES string of the molecule is Cc1cccc(-c2ccc(N3CCCN(c4nc(C)c(S(N)(=O)=O)s4)C3=O)cc2)c1C. The molecule has 31 heavy (non-hydrogen) atoms. The maximum atomic E-state index is 13.2. The summed E-state index contributed by atoms with van der Waals surface area (Å²) < 4.78 is 23.5. The maximum Gasteiger partial charge on any atom is 0.330 e. The Morgan fingerprint density at radius 2 is 1.68 bits per heavy atom. The Hall–Kier alpha value is -2.75. The van der Waals surface area contributed by atoms with E-state index < -0.39 is 10.0 Å². The van der Waals surface area contributed by atoms with Gasteiger partial charge in [0.15, 0.2) is 9.34 Å². The van der Waals surface area contributed by atoms with Crippen molar-refractivity contribution in [2.45, 2.75) is 31.4 Å². The largest absolute Gasteiger partial charge is 0.330 e. The van der Waals surface area contributed by atoms with Gasteiger partial charge in [-0.05, 0) is 61.6 Å². The van der Waals surface area contributed by atoms with Gasteiger partial charge in [-0.25, -0.2) is 23.3 Å². The molecular formula is C22H24N4O3S2. The summed E-state index contributed by atoms with van der Waals surface area (Å²) in [6.07, 6.45) is 0.744. The predicted octanol–water partition coefficient (Wildman–Crippen LogP) is 4.22. The number of carbonyl (C=O) groups excluding carboxylic acids is 1. The van der Waals surface area contributed by atoms with Crippen molar-refractivity contribution in [3.05, 3.63) is 59.3 Å². The summed E-state index contributed by atoms with van der Waals surface area (Å²) in [5.74, 6) is 0. The van der Waals surface area contributed by atoms with Gasteiger partial charge in [-0.3, -0.25) is 9.80 Å². The van der Waals surface area contributed by atoms with Crippen LogP contribution in [0, 0.1) is 20.8 Å². The lowest BCUT2D eigenvalue weighted by atomic mass is 9.97. The van der Waals surface area contributed by atoms with Gasteiger partial charge in [0.25, 0.3) is 0 Å². The molecule has 1 aliphatic rings. The number of rotatable bonds is 4. The number of benzene rings is 2. The van der Waals surface area contributed by atoms with Crippen LogP contribution in [0.1, 0.15) is 23.2 Å². The summed E-state index contributed by atoms with van der Waals surface area (Å²) in [5, 5.41) is 5.61. The van der Waals surface area contributed by atoms with Crippen molar-refractivity contribution in [3.8, 4) is 11.1 Å². The molecule has 0 spiro atoms. The third-order valence-electron chi connectivity index (χ3n) is 5.55. The minimum Gasteiger partial charge on any atom is -0.294 e. The molecule has 0 radical (unpaired) electrons. The van der Waals surface area contributed by atoms with Gasteiger partial charge in [0.2, 0.25) is 10.0 Å². The third kappa shape index (κ3) is 4.08. The Morgan fingerprint density at radius 3 is 2.32 bits per heavy atom. The van der Waals surface area contributed by atoms with Crippen LogP contribution < -0.4 is 14.9 Å². The first kappa shape index (κ1) is 21.5. The van der Waals surface area contributed by atoms with Gasteiger partial charge in [0.05, 0.1) is 5.69 Å². The molecule has 0 aliphatic carbocycles. The molecule has 1 aliphatic heterocycles. The molecule has 0 saturated carbocycles. The second-order valence-corrected chi connectivity index (χ2v) is 10.4. The fraction of sp³-hybridized carbons (Fsp3) is 0.273. The lowest BCUT2D eigenvalue weighted by Crippen LogP contribution is -2.49. The highest BCUT2D eigenvalue weighted by Crippen LogP contribution is 2.33. The molecule has 2 heterocycles. The lowest BCUT2D eigenvalue weighted by molar-refractivity contribution is 0.248. The molecule has 162 valence electrons. The number of carbonyl (C=O) groups is 1. The first-order chi connectivity index (χ1) is 14.7. The number of hydrogen-bond acceptors (Lipinski definition) is 5. The van der Waals surface area contributed by atoms with E-state index in [2.05, 4.69) is 31.0 Å². The Labute approximate surface area is 186 Å². The van der Waals surface area contributed by atoms with E-state index in [-0.39, 0.29) is 10.2 Å². The number of primary sulfonamides is 1. The number of aromatic nitrogens is 1. The topological polar surface area (TPSA) is 96.6 Å². The Bertz CT molecular complexity index is 1250. The van der Waals surface area contributed by atoms with Crippen molar-refractivity contribution < 1.29 is 13.2 Å². The van der Waals surface area contributed by atoms with Crippen LogP contribution >= 0.6 is 11.3 Å². The van der Waals surface area contributed by atoms with Crippen LogP contribution in [0.2, 0.25) is 0 Å². The van der Waals surface area contributed by atoms with Gasteiger partial charge in [-0.15, -0.1) is 0 Å². The molecule has 3 aromatic rings. The van der Waals surface area contributed by atoms with Gasteiger partial charge in [0, 0.05) is 18.8 Å². The first-order valence-electron chi connectivity index (χ1n) is 9.93. The van der Waals surface area contributed by atoms with Crippen LogP contribution in [-0.4, -0.2) is 32.5 Å². The van der Waals surface area contributed by atoms with Crippen molar-refractivity contribution in [2.75, 3.05) is 22.9 Å². The molecule has 7 nitrogen and oxygen atoms in total. The zero-order valence-electron chi connectivity index (χ0n) is 17.6. The predicted molar refractivity (Wildman–Crippen MR) is 124 cm³/mol. The maximum absolute atomic E-state index is 13.2. The number of amides is 2. The average Bonchev–Trinajstić information content (AvgIpc) is 3.12. The number of thiazole rings is 1. The van der Waals surface area contributed by atoms with Gasteiger partial charge >= 0.3 is 6.03 Å². The van der Waals surface area contributed by atoms with Gasteiger partial charge < -0.3 is 0 Å². The zero-order valence-corrected chi connectivity index (χ0v) is 19.3. The molecule has 1 saturated heterocycles. The summed E-state index contributed by atoms with van der Waals surface area (Å²) in [6, 6.07) is 14.0.